The number of aromatic nitrogens is 1. The molecule has 1 aliphatic rings. The second kappa shape index (κ2) is 3.87. The Morgan fingerprint density at radius 1 is 1.53 bits per heavy atom. The molecule has 0 amide bonds. The lowest BCUT2D eigenvalue weighted by atomic mass is 10.0. The van der Waals surface area contributed by atoms with E-state index in [0.717, 1.165) is 5.56 Å². The van der Waals surface area contributed by atoms with Gasteiger partial charge in [0.25, 0.3) is 0 Å². The van der Waals surface area contributed by atoms with E-state index in [0.29, 0.717) is 17.9 Å². The van der Waals surface area contributed by atoms with Gasteiger partial charge in [-0.1, -0.05) is 0 Å². The average molecular weight is 255 g/mol. The Morgan fingerprint density at radius 2 is 2.24 bits per heavy atom. The Morgan fingerprint density at radius 3 is 2.76 bits per heavy atom. The molecule has 0 aliphatic carbocycles. The highest BCUT2D eigenvalue weighted by Crippen LogP contribution is 2.28. The van der Waals surface area contributed by atoms with E-state index in [-0.39, 0.29) is 11.5 Å². The predicted octanol–water partition coefficient (Wildman–Crippen LogP) is 0.961. The minimum absolute atomic E-state index is 0.134. The zero-order valence-electron chi connectivity index (χ0n) is 10.0. The number of nitrogens with zero attached hydrogens (tertiary/aromatic N) is 1. The summed E-state index contributed by atoms with van der Waals surface area (Å²) in [5.41, 5.74) is 6.92. The molecule has 0 radical (unpaired) electrons. The lowest BCUT2D eigenvalue weighted by molar-refractivity contribution is 0.572. The standard InChI is InChI=1S/C11H17N3O2S/c1-8-5-9(12)10(13-6-8)14-11(2)3-4-17(15,16)7-11/h5-6H,3-4,7,12H2,1-2H3,(H,13,14). The quantitative estimate of drug-likeness (QED) is 0.822. The maximum atomic E-state index is 11.5. The van der Waals surface area contributed by atoms with Crippen LogP contribution in [0.4, 0.5) is 11.5 Å². The largest absolute Gasteiger partial charge is 0.396 e. The first-order valence-corrected chi connectivity index (χ1v) is 7.33. The molecule has 6 heteroatoms. The van der Waals surface area contributed by atoms with Gasteiger partial charge in [-0.2, -0.15) is 0 Å². The third-order valence-corrected chi connectivity index (χ3v) is 4.88. The van der Waals surface area contributed by atoms with Crippen molar-refractivity contribution in [3.05, 3.63) is 17.8 Å². The Hall–Kier alpha value is -1.30. The number of nitrogens with two attached hydrogens (primary N) is 1. The maximum absolute atomic E-state index is 11.5. The molecule has 2 rings (SSSR count). The van der Waals surface area contributed by atoms with Crippen LogP contribution in [0, 0.1) is 6.92 Å². The van der Waals surface area contributed by atoms with E-state index in [1.54, 1.807) is 6.20 Å². The molecule has 1 unspecified atom stereocenters. The molecule has 0 aromatic carbocycles. The number of rotatable bonds is 2. The summed E-state index contributed by atoms with van der Waals surface area (Å²) in [6.07, 6.45) is 2.30. The van der Waals surface area contributed by atoms with Gasteiger partial charge in [-0.15, -0.1) is 0 Å². The molecule has 94 valence electrons. The van der Waals surface area contributed by atoms with Gasteiger partial charge in [0.2, 0.25) is 0 Å². The highest BCUT2D eigenvalue weighted by molar-refractivity contribution is 7.91. The molecule has 1 aliphatic heterocycles. The van der Waals surface area contributed by atoms with Crippen molar-refractivity contribution >= 4 is 21.3 Å². The molecule has 1 saturated heterocycles. The molecule has 1 fully saturated rings. The van der Waals surface area contributed by atoms with Crippen molar-refractivity contribution in [1.29, 1.82) is 0 Å². The molecule has 1 aromatic heterocycles. The van der Waals surface area contributed by atoms with E-state index in [2.05, 4.69) is 10.3 Å². The van der Waals surface area contributed by atoms with E-state index in [1.807, 2.05) is 19.9 Å². The second-order valence-corrected chi connectivity index (χ2v) is 7.16. The monoisotopic (exact) mass is 255 g/mol. The fourth-order valence-corrected chi connectivity index (χ4v) is 4.18. The van der Waals surface area contributed by atoms with Gasteiger partial charge >= 0.3 is 0 Å². The number of aryl methyl sites for hydroxylation is 1. The minimum Gasteiger partial charge on any atom is -0.396 e. The van der Waals surface area contributed by atoms with Gasteiger partial charge in [-0.05, 0) is 31.9 Å². The summed E-state index contributed by atoms with van der Waals surface area (Å²) in [5, 5.41) is 3.15. The van der Waals surface area contributed by atoms with Gasteiger partial charge in [-0.3, -0.25) is 0 Å². The highest BCUT2D eigenvalue weighted by atomic mass is 32.2. The molecule has 5 nitrogen and oxygen atoms in total. The Labute approximate surface area is 101 Å². The van der Waals surface area contributed by atoms with Gasteiger partial charge in [0.1, 0.15) is 5.82 Å². The number of hydrogen-bond acceptors (Lipinski definition) is 5. The summed E-state index contributed by atoms with van der Waals surface area (Å²) < 4.78 is 23.0. The maximum Gasteiger partial charge on any atom is 0.152 e. The molecule has 17 heavy (non-hydrogen) atoms. The van der Waals surface area contributed by atoms with E-state index >= 15 is 0 Å². The van der Waals surface area contributed by atoms with E-state index < -0.39 is 15.4 Å². The van der Waals surface area contributed by atoms with Crippen LogP contribution in [0.3, 0.4) is 0 Å². The van der Waals surface area contributed by atoms with E-state index in [9.17, 15) is 8.42 Å². The van der Waals surface area contributed by atoms with Gasteiger partial charge in [0.15, 0.2) is 9.84 Å². The lowest BCUT2D eigenvalue weighted by Crippen LogP contribution is -2.36. The van der Waals surface area contributed by atoms with E-state index in [1.165, 1.54) is 0 Å². The molecule has 1 aromatic rings. The summed E-state index contributed by atoms with van der Waals surface area (Å²) in [6, 6.07) is 1.82. The molecule has 3 N–H and O–H groups in total. The summed E-state index contributed by atoms with van der Waals surface area (Å²) in [7, 11) is -2.93. The number of sulfone groups is 1. The van der Waals surface area contributed by atoms with Crippen molar-refractivity contribution < 1.29 is 8.42 Å². The molecule has 0 bridgehead atoms. The van der Waals surface area contributed by atoms with Crippen molar-refractivity contribution in [1.82, 2.24) is 4.98 Å². The smallest absolute Gasteiger partial charge is 0.152 e. The molecular formula is C11H17N3O2S. The van der Waals surface area contributed by atoms with Gasteiger partial charge < -0.3 is 11.1 Å². The summed E-state index contributed by atoms with van der Waals surface area (Å²) in [5.74, 6) is 0.923. The van der Waals surface area contributed by atoms with Crippen LogP contribution in [0.1, 0.15) is 18.9 Å². The second-order valence-electron chi connectivity index (χ2n) is 4.98. The number of pyridine rings is 1. The van der Waals surface area contributed by atoms with Crippen molar-refractivity contribution in [3.63, 3.8) is 0 Å². The van der Waals surface area contributed by atoms with E-state index in [4.69, 9.17) is 5.73 Å². The third-order valence-electron chi connectivity index (χ3n) is 2.98. The minimum atomic E-state index is -2.93. The topological polar surface area (TPSA) is 85.1 Å². The zero-order valence-corrected chi connectivity index (χ0v) is 10.8. The van der Waals surface area contributed by atoms with Crippen molar-refractivity contribution in [2.45, 2.75) is 25.8 Å². The number of nitrogens with one attached hydrogen (secondary N) is 1. The van der Waals surface area contributed by atoms with Crippen LogP contribution in [-0.4, -0.2) is 30.4 Å². The van der Waals surface area contributed by atoms with Crippen molar-refractivity contribution in [2.24, 2.45) is 0 Å². The fourth-order valence-electron chi connectivity index (χ4n) is 2.09. The van der Waals surface area contributed by atoms with Crippen LogP contribution in [0.2, 0.25) is 0 Å². The van der Waals surface area contributed by atoms with Crippen LogP contribution in [0.25, 0.3) is 0 Å². The number of hydrogen-bond donors (Lipinski definition) is 2. The first-order chi connectivity index (χ1) is 7.80. The number of anilines is 2. The van der Waals surface area contributed by atoms with Crippen LogP contribution >= 0.6 is 0 Å². The average Bonchev–Trinajstić information content (AvgIpc) is 2.46. The molecule has 0 saturated carbocycles. The summed E-state index contributed by atoms with van der Waals surface area (Å²) in [4.78, 5) is 4.20. The van der Waals surface area contributed by atoms with Gasteiger partial charge in [0.05, 0.1) is 22.7 Å². The third kappa shape index (κ3) is 2.69. The van der Waals surface area contributed by atoms with Gasteiger partial charge in [-0.25, -0.2) is 13.4 Å². The van der Waals surface area contributed by atoms with Crippen LogP contribution < -0.4 is 11.1 Å². The molecule has 2 heterocycles. The Balaban J connectivity index is 2.22. The first-order valence-electron chi connectivity index (χ1n) is 5.50. The van der Waals surface area contributed by atoms with Crippen molar-refractivity contribution in [2.75, 3.05) is 22.6 Å². The highest BCUT2D eigenvalue weighted by Gasteiger charge is 2.38. The SMILES string of the molecule is Cc1cnc(NC2(C)CCS(=O)(=O)C2)c(N)c1. The molecule has 1 atom stereocenters. The Bertz CT molecular complexity index is 542. The van der Waals surface area contributed by atoms with Gasteiger partial charge in [0, 0.05) is 6.20 Å². The molecule has 0 spiro atoms. The first kappa shape index (κ1) is 12.2. The normalized spacial score (nSPS) is 26.9. The predicted molar refractivity (Wildman–Crippen MR) is 68.7 cm³/mol. The van der Waals surface area contributed by atoms with Crippen LogP contribution in [0.15, 0.2) is 12.3 Å². The summed E-state index contributed by atoms with van der Waals surface area (Å²) >= 11 is 0. The van der Waals surface area contributed by atoms with Crippen LogP contribution in [-0.2, 0) is 9.84 Å². The molecular weight excluding hydrogens is 238 g/mol. The zero-order chi connectivity index (χ0) is 12.7. The van der Waals surface area contributed by atoms with Crippen molar-refractivity contribution in [3.8, 4) is 0 Å². The Kier molecular flexibility index (Phi) is 2.77. The lowest BCUT2D eigenvalue weighted by Gasteiger charge is -2.25. The summed E-state index contributed by atoms with van der Waals surface area (Å²) in [6.45, 7) is 3.80. The fraction of sp³-hybridized carbons (Fsp3) is 0.545. The van der Waals surface area contributed by atoms with Crippen LogP contribution in [0.5, 0.6) is 0 Å². The number of nitrogen functional groups attached to an aromatic ring is 1.